The Bertz CT molecular complexity index is 635. The molecule has 0 unspecified atom stereocenters. The molecule has 0 bridgehead atoms. The van der Waals surface area contributed by atoms with Crippen molar-refractivity contribution in [3.8, 4) is 5.75 Å². The van der Waals surface area contributed by atoms with Crippen LogP contribution in [0.3, 0.4) is 0 Å². The quantitative estimate of drug-likeness (QED) is 0.748. The topological polar surface area (TPSA) is 126 Å². The summed E-state index contributed by atoms with van der Waals surface area (Å²) in [7, 11) is 0. The molecule has 0 aliphatic carbocycles. The molecule has 1 heterocycles. The normalized spacial score (nSPS) is 9.71. The van der Waals surface area contributed by atoms with Crippen LogP contribution in [0.4, 0.5) is 16.4 Å². The lowest BCUT2D eigenvalue weighted by molar-refractivity contribution is -0.139. The Morgan fingerprint density at radius 2 is 2.00 bits per heavy atom. The predicted octanol–water partition coefficient (Wildman–Crippen LogP) is 0.979. The van der Waals surface area contributed by atoms with Crippen molar-refractivity contribution in [3.05, 3.63) is 36.7 Å². The van der Waals surface area contributed by atoms with Crippen LogP contribution < -0.4 is 15.4 Å². The molecular formula is C12H11N5O4. The lowest BCUT2D eigenvalue weighted by Crippen LogP contribution is -2.21. The average molecular weight is 289 g/mol. The van der Waals surface area contributed by atoms with Crippen molar-refractivity contribution in [1.82, 2.24) is 15.2 Å². The number of benzene rings is 1. The Morgan fingerprint density at radius 3 is 2.71 bits per heavy atom. The fourth-order valence-corrected chi connectivity index (χ4v) is 1.40. The maximum Gasteiger partial charge on any atom is 0.341 e. The molecule has 2 aromatic rings. The summed E-state index contributed by atoms with van der Waals surface area (Å²) in [6.45, 7) is -0.508. The van der Waals surface area contributed by atoms with Gasteiger partial charge in [0, 0.05) is 0 Å². The number of hydrogen-bond acceptors (Lipinski definition) is 6. The number of carbonyl (C=O) groups excluding carboxylic acids is 1. The van der Waals surface area contributed by atoms with Gasteiger partial charge in [0.2, 0.25) is 0 Å². The lowest BCUT2D eigenvalue weighted by Gasteiger charge is -2.11. The molecule has 0 atom stereocenters. The van der Waals surface area contributed by atoms with Gasteiger partial charge in [-0.3, -0.25) is 5.32 Å². The van der Waals surface area contributed by atoms with Gasteiger partial charge in [0.15, 0.2) is 6.61 Å². The number of amides is 2. The van der Waals surface area contributed by atoms with Gasteiger partial charge in [-0.1, -0.05) is 12.1 Å². The van der Waals surface area contributed by atoms with E-state index in [4.69, 9.17) is 9.84 Å². The zero-order valence-electron chi connectivity index (χ0n) is 10.7. The van der Waals surface area contributed by atoms with Crippen molar-refractivity contribution in [2.24, 2.45) is 0 Å². The number of ether oxygens (including phenoxy) is 1. The number of carbonyl (C=O) groups is 2. The smallest absolute Gasteiger partial charge is 0.341 e. The fourth-order valence-electron chi connectivity index (χ4n) is 1.40. The first-order valence-electron chi connectivity index (χ1n) is 5.80. The van der Waals surface area contributed by atoms with Gasteiger partial charge in [-0.05, 0) is 12.1 Å². The molecule has 3 N–H and O–H groups in total. The first-order valence-corrected chi connectivity index (χ1v) is 5.80. The Morgan fingerprint density at radius 1 is 1.19 bits per heavy atom. The van der Waals surface area contributed by atoms with Crippen LogP contribution in [0.25, 0.3) is 0 Å². The van der Waals surface area contributed by atoms with Gasteiger partial charge in [-0.15, -0.1) is 5.10 Å². The van der Waals surface area contributed by atoms with E-state index in [0.29, 0.717) is 5.69 Å². The Labute approximate surface area is 119 Å². The van der Waals surface area contributed by atoms with E-state index in [0.717, 1.165) is 0 Å². The van der Waals surface area contributed by atoms with Gasteiger partial charge in [-0.2, -0.15) is 5.10 Å². The minimum atomic E-state index is -1.11. The Balaban J connectivity index is 2.01. The Kier molecular flexibility index (Phi) is 4.59. The molecule has 2 rings (SSSR count). The number of carboxylic acid groups (broad SMARTS) is 1. The highest BCUT2D eigenvalue weighted by atomic mass is 16.5. The van der Waals surface area contributed by atoms with Crippen LogP contribution in [0.5, 0.6) is 5.75 Å². The van der Waals surface area contributed by atoms with Gasteiger partial charge < -0.3 is 15.2 Å². The molecule has 1 aromatic heterocycles. The fraction of sp³-hybridized carbons (Fsp3) is 0.0833. The van der Waals surface area contributed by atoms with Crippen molar-refractivity contribution in [1.29, 1.82) is 0 Å². The summed E-state index contributed by atoms with van der Waals surface area (Å²) in [6, 6.07) is 5.84. The second-order valence-corrected chi connectivity index (χ2v) is 3.72. The number of aliphatic carboxylic acids is 1. The van der Waals surface area contributed by atoms with E-state index in [1.165, 1.54) is 12.4 Å². The molecule has 0 spiro atoms. The molecule has 0 saturated heterocycles. The van der Waals surface area contributed by atoms with Crippen LogP contribution in [0.15, 0.2) is 36.7 Å². The molecule has 108 valence electrons. The summed E-state index contributed by atoms with van der Waals surface area (Å²) in [4.78, 5) is 26.1. The van der Waals surface area contributed by atoms with E-state index in [1.54, 1.807) is 24.3 Å². The summed E-state index contributed by atoms with van der Waals surface area (Å²) < 4.78 is 5.06. The number of aromatic nitrogens is 3. The summed E-state index contributed by atoms with van der Waals surface area (Å²) in [5, 5.41) is 20.6. The van der Waals surface area contributed by atoms with Crippen LogP contribution in [-0.2, 0) is 4.79 Å². The van der Waals surface area contributed by atoms with Crippen molar-refractivity contribution >= 4 is 23.6 Å². The maximum atomic E-state index is 11.8. The largest absolute Gasteiger partial charge is 0.480 e. The number of nitrogens with zero attached hydrogens (tertiary/aromatic N) is 3. The van der Waals surface area contributed by atoms with Gasteiger partial charge in [0.1, 0.15) is 5.75 Å². The summed E-state index contributed by atoms with van der Waals surface area (Å²) in [5.74, 6) is -0.834. The van der Waals surface area contributed by atoms with Gasteiger partial charge in [0.25, 0.3) is 5.95 Å². The second kappa shape index (κ2) is 6.80. The first-order chi connectivity index (χ1) is 10.1. The summed E-state index contributed by atoms with van der Waals surface area (Å²) >= 11 is 0. The summed E-state index contributed by atoms with van der Waals surface area (Å²) in [6.07, 6.45) is 2.75. The maximum absolute atomic E-state index is 11.8. The second-order valence-electron chi connectivity index (χ2n) is 3.72. The zero-order valence-corrected chi connectivity index (χ0v) is 10.7. The van der Waals surface area contributed by atoms with Gasteiger partial charge in [0.05, 0.1) is 18.1 Å². The van der Waals surface area contributed by atoms with Crippen molar-refractivity contribution in [2.75, 3.05) is 17.2 Å². The monoisotopic (exact) mass is 289 g/mol. The minimum absolute atomic E-state index is 0.0407. The molecule has 0 radical (unpaired) electrons. The number of urea groups is 1. The van der Waals surface area contributed by atoms with E-state index in [1.807, 2.05) is 0 Å². The number of anilines is 2. The van der Waals surface area contributed by atoms with Crippen molar-refractivity contribution in [3.63, 3.8) is 0 Å². The standard InChI is InChI=1S/C12H11N5O4/c18-10(19)7-21-9-4-2-1-3-8(9)15-12(20)16-11-13-5-6-14-17-11/h1-6H,7H2,(H,18,19)(H2,13,15,16,17,20). The number of nitrogens with one attached hydrogen (secondary N) is 2. The molecule has 0 aliphatic rings. The molecule has 21 heavy (non-hydrogen) atoms. The minimum Gasteiger partial charge on any atom is -0.480 e. The number of hydrogen-bond donors (Lipinski definition) is 3. The van der Waals surface area contributed by atoms with E-state index in [9.17, 15) is 9.59 Å². The van der Waals surface area contributed by atoms with E-state index in [-0.39, 0.29) is 11.7 Å². The number of carboxylic acids is 1. The first kappa shape index (κ1) is 14.2. The van der Waals surface area contributed by atoms with Crippen LogP contribution in [0.2, 0.25) is 0 Å². The van der Waals surface area contributed by atoms with E-state index in [2.05, 4.69) is 25.8 Å². The molecule has 9 heteroatoms. The van der Waals surface area contributed by atoms with Crippen LogP contribution in [0.1, 0.15) is 0 Å². The summed E-state index contributed by atoms with van der Waals surface area (Å²) in [5.41, 5.74) is 0.320. The lowest BCUT2D eigenvalue weighted by atomic mass is 10.3. The average Bonchev–Trinajstić information content (AvgIpc) is 2.47. The highest BCUT2D eigenvalue weighted by molar-refractivity contribution is 5.99. The number of para-hydroxylation sites is 2. The zero-order chi connectivity index (χ0) is 15.1. The van der Waals surface area contributed by atoms with Crippen LogP contribution in [-0.4, -0.2) is 38.9 Å². The molecule has 0 saturated carbocycles. The van der Waals surface area contributed by atoms with Gasteiger partial charge in [-0.25, -0.2) is 14.6 Å². The molecule has 0 aliphatic heterocycles. The van der Waals surface area contributed by atoms with Gasteiger partial charge >= 0.3 is 12.0 Å². The third-order valence-electron chi connectivity index (χ3n) is 2.19. The molecule has 0 fully saturated rings. The highest BCUT2D eigenvalue weighted by Gasteiger charge is 2.09. The third-order valence-corrected chi connectivity index (χ3v) is 2.19. The van der Waals surface area contributed by atoms with Crippen molar-refractivity contribution in [2.45, 2.75) is 0 Å². The predicted molar refractivity (Wildman–Crippen MR) is 72.0 cm³/mol. The van der Waals surface area contributed by atoms with Crippen molar-refractivity contribution < 1.29 is 19.4 Å². The van der Waals surface area contributed by atoms with E-state index >= 15 is 0 Å². The highest BCUT2D eigenvalue weighted by Crippen LogP contribution is 2.23. The Hall–Kier alpha value is -3.23. The SMILES string of the molecule is O=C(O)COc1ccccc1NC(=O)Nc1nccnn1. The van der Waals surface area contributed by atoms with Crippen LogP contribution in [0, 0.1) is 0 Å². The van der Waals surface area contributed by atoms with E-state index < -0.39 is 18.6 Å². The van der Waals surface area contributed by atoms with Crippen LogP contribution >= 0.6 is 0 Å². The molecule has 1 aromatic carbocycles. The third kappa shape index (κ3) is 4.42. The molecule has 2 amide bonds. The molecular weight excluding hydrogens is 278 g/mol. The molecule has 9 nitrogen and oxygen atoms in total. The number of rotatable bonds is 5.